The molecule has 0 bridgehead atoms. The van der Waals surface area contributed by atoms with Crippen LogP contribution in [0.5, 0.6) is 0 Å². The summed E-state index contributed by atoms with van der Waals surface area (Å²) in [7, 11) is 3.74. The third-order valence-corrected chi connectivity index (χ3v) is 2.99. The zero-order valence-electron chi connectivity index (χ0n) is 10.7. The van der Waals surface area contributed by atoms with Gasteiger partial charge in [0, 0.05) is 19.8 Å². The van der Waals surface area contributed by atoms with Gasteiger partial charge < -0.3 is 14.8 Å². The maximum Gasteiger partial charge on any atom is 0.0700 e. The molecule has 0 radical (unpaired) electrons. The Morgan fingerprint density at radius 3 is 2.20 bits per heavy atom. The van der Waals surface area contributed by atoms with Crippen molar-refractivity contribution in [2.45, 2.75) is 39.2 Å². The van der Waals surface area contributed by atoms with Crippen LogP contribution in [0.4, 0.5) is 0 Å². The summed E-state index contributed by atoms with van der Waals surface area (Å²) in [4.78, 5) is 0. The standard InChI is InChI=1S/C12H27NO2/c1-5-11(6-2)12(13-3)7-8-15-10-9-14-4/h11-13H,5-10H2,1-4H3. The fraction of sp³-hybridized carbons (Fsp3) is 1.00. The van der Waals surface area contributed by atoms with Gasteiger partial charge in [0.25, 0.3) is 0 Å². The zero-order valence-corrected chi connectivity index (χ0v) is 10.7. The Balaban J connectivity index is 3.60. The molecule has 0 rings (SSSR count). The van der Waals surface area contributed by atoms with E-state index >= 15 is 0 Å². The minimum absolute atomic E-state index is 0.586. The first-order valence-corrected chi connectivity index (χ1v) is 6.04. The van der Waals surface area contributed by atoms with Crippen molar-refractivity contribution < 1.29 is 9.47 Å². The normalized spacial score (nSPS) is 13.4. The van der Waals surface area contributed by atoms with E-state index in [9.17, 15) is 0 Å². The van der Waals surface area contributed by atoms with E-state index in [0.29, 0.717) is 19.3 Å². The summed E-state index contributed by atoms with van der Waals surface area (Å²) in [6.07, 6.45) is 3.56. The van der Waals surface area contributed by atoms with E-state index in [0.717, 1.165) is 18.9 Å². The Bertz CT molecular complexity index is 127. The second-order valence-corrected chi connectivity index (χ2v) is 3.87. The number of ether oxygens (including phenoxy) is 2. The molecule has 0 aliphatic carbocycles. The van der Waals surface area contributed by atoms with Gasteiger partial charge in [-0.05, 0) is 19.4 Å². The largest absolute Gasteiger partial charge is 0.382 e. The molecule has 0 spiro atoms. The summed E-state index contributed by atoms with van der Waals surface area (Å²) in [5.41, 5.74) is 0. The summed E-state index contributed by atoms with van der Waals surface area (Å²) in [5, 5.41) is 3.38. The fourth-order valence-corrected chi connectivity index (χ4v) is 1.93. The fourth-order valence-electron chi connectivity index (χ4n) is 1.93. The Kier molecular flexibility index (Phi) is 10.3. The van der Waals surface area contributed by atoms with Gasteiger partial charge in [-0.2, -0.15) is 0 Å². The molecular formula is C12H27NO2. The summed E-state index contributed by atoms with van der Waals surface area (Å²) in [5.74, 6) is 0.765. The van der Waals surface area contributed by atoms with E-state index in [1.165, 1.54) is 12.8 Å². The van der Waals surface area contributed by atoms with Crippen LogP contribution in [-0.2, 0) is 9.47 Å². The second-order valence-electron chi connectivity index (χ2n) is 3.87. The Morgan fingerprint density at radius 2 is 1.73 bits per heavy atom. The smallest absolute Gasteiger partial charge is 0.0700 e. The average molecular weight is 217 g/mol. The van der Waals surface area contributed by atoms with Crippen molar-refractivity contribution in [1.82, 2.24) is 5.32 Å². The lowest BCUT2D eigenvalue weighted by Gasteiger charge is -2.24. The molecule has 0 aliphatic heterocycles. The molecule has 3 nitrogen and oxygen atoms in total. The molecule has 0 saturated heterocycles. The molecule has 0 aromatic carbocycles. The van der Waals surface area contributed by atoms with Crippen LogP contribution in [0.2, 0.25) is 0 Å². The van der Waals surface area contributed by atoms with Crippen LogP contribution in [0.15, 0.2) is 0 Å². The van der Waals surface area contributed by atoms with Gasteiger partial charge in [0.15, 0.2) is 0 Å². The summed E-state index contributed by atoms with van der Waals surface area (Å²) < 4.78 is 10.4. The van der Waals surface area contributed by atoms with Gasteiger partial charge in [0.05, 0.1) is 13.2 Å². The number of nitrogens with one attached hydrogen (secondary N) is 1. The van der Waals surface area contributed by atoms with Gasteiger partial charge in [0.2, 0.25) is 0 Å². The molecule has 0 aromatic rings. The molecule has 0 aromatic heterocycles. The average Bonchev–Trinajstić information content (AvgIpc) is 2.27. The van der Waals surface area contributed by atoms with Crippen LogP contribution in [0, 0.1) is 5.92 Å². The lowest BCUT2D eigenvalue weighted by molar-refractivity contribution is 0.0630. The van der Waals surface area contributed by atoms with Crippen LogP contribution in [0.3, 0.4) is 0 Å². The molecule has 0 amide bonds. The predicted octanol–water partition coefficient (Wildman–Crippen LogP) is 2.06. The van der Waals surface area contributed by atoms with E-state index < -0.39 is 0 Å². The van der Waals surface area contributed by atoms with Crippen molar-refractivity contribution in [3.8, 4) is 0 Å². The van der Waals surface area contributed by atoms with E-state index in [1.807, 2.05) is 7.05 Å². The molecular weight excluding hydrogens is 190 g/mol. The molecule has 0 heterocycles. The molecule has 0 aliphatic rings. The van der Waals surface area contributed by atoms with Gasteiger partial charge in [-0.25, -0.2) is 0 Å². The summed E-state index contributed by atoms with van der Waals surface area (Å²) in [6.45, 7) is 6.73. The van der Waals surface area contributed by atoms with Gasteiger partial charge in [-0.3, -0.25) is 0 Å². The molecule has 0 saturated carbocycles. The third kappa shape index (κ3) is 6.88. The van der Waals surface area contributed by atoms with Crippen LogP contribution in [0.25, 0.3) is 0 Å². The van der Waals surface area contributed by atoms with Crippen LogP contribution in [0.1, 0.15) is 33.1 Å². The number of methoxy groups -OCH3 is 1. The first kappa shape index (κ1) is 14.9. The third-order valence-electron chi connectivity index (χ3n) is 2.99. The Hall–Kier alpha value is -0.120. The molecule has 1 atom stereocenters. The van der Waals surface area contributed by atoms with E-state index in [-0.39, 0.29) is 0 Å². The van der Waals surface area contributed by atoms with Crippen molar-refractivity contribution >= 4 is 0 Å². The SMILES string of the molecule is CCC(CC)C(CCOCCOC)NC. The highest BCUT2D eigenvalue weighted by Crippen LogP contribution is 2.15. The molecule has 3 heteroatoms. The van der Waals surface area contributed by atoms with Crippen molar-refractivity contribution in [2.75, 3.05) is 34.0 Å². The molecule has 0 fully saturated rings. The minimum Gasteiger partial charge on any atom is -0.382 e. The zero-order chi connectivity index (χ0) is 11.5. The first-order chi connectivity index (χ1) is 7.29. The quantitative estimate of drug-likeness (QED) is 0.568. The molecule has 1 N–H and O–H groups in total. The van der Waals surface area contributed by atoms with E-state index in [2.05, 4.69) is 19.2 Å². The van der Waals surface area contributed by atoms with E-state index in [1.54, 1.807) is 7.11 Å². The molecule has 15 heavy (non-hydrogen) atoms. The lowest BCUT2D eigenvalue weighted by Crippen LogP contribution is -2.34. The number of rotatable bonds is 10. The van der Waals surface area contributed by atoms with Crippen LogP contribution < -0.4 is 5.32 Å². The van der Waals surface area contributed by atoms with Crippen LogP contribution >= 0.6 is 0 Å². The number of hydrogen-bond acceptors (Lipinski definition) is 3. The van der Waals surface area contributed by atoms with Gasteiger partial charge in [0.1, 0.15) is 0 Å². The second kappa shape index (κ2) is 10.4. The van der Waals surface area contributed by atoms with Crippen molar-refractivity contribution in [3.63, 3.8) is 0 Å². The highest BCUT2D eigenvalue weighted by atomic mass is 16.5. The Morgan fingerprint density at radius 1 is 1.07 bits per heavy atom. The topological polar surface area (TPSA) is 30.5 Å². The monoisotopic (exact) mass is 217 g/mol. The van der Waals surface area contributed by atoms with Crippen LogP contribution in [-0.4, -0.2) is 40.0 Å². The molecule has 1 unspecified atom stereocenters. The van der Waals surface area contributed by atoms with Gasteiger partial charge >= 0.3 is 0 Å². The lowest BCUT2D eigenvalue weighted by atomic mass is 9.92. The summed E-state index contributed by atoms with van der Waals surface area (Å²) in [6, 6.07) is 0.586. The van der Waals surface area contributed by atoms with Gasteiger partial charge in [-0.15, -0.1) is 0 Å². The Labute approximate surface area is 94.5 Å². The minimum atomic E-state index is 0.586. The summed E-state index contributed by atoms with van der Waals surface area (Å²) >= 11 is 0. The van der Waals surface area contributed by atoms with E-state index in [4.69, 9.17) is 9.47 Å². The van der Waals surface area contributed by atoms with Gasteiger partial charge in [-0.1, -0.05) is 26.7 Å². The maximum atomic E-state index is 5.48. The highest BCUT2D eigenvalue weighted by molar-refractivity contribution is 4.72. The predicted molar refractivity (Wildman–Crippen MR) is 64.2 cm³/mol. The van der Waals surface area contributed by atoms with Crippen molar-refractivity contribution in [1.29, 1.82) is 0 Å². The highest BCUT2D eigenvalue weighted by Gasteiger charge is 2.15. The van der Waals surface area contributed by atoms with Crippen molar-refractivity contribution in [3.05, 3.63) is 0 Å². The van der Waals surface area contributed by atoms with Crippen molar-refractivity contribution in [2.24, 2.45) is 5.92 Å². The first-order valence-electron chi connectivity index (χ1n) is 6.04. The molecule has 92 valence electrons. The number of hydrogen-bond donors (Lipinski definition) is 1. The maximum absolute atomic E-state index is 5.48.